The number of para-hydroxylation sites is 2. The highest BCUT2D eigenvalue weighted by Crippen LogP contribution is 2.37. The van der Waals surface area contributed by atoms with Gasteiger partial charge in [0.25, 0.3) is 5.56 Å². The van der Waals surface area contributed by atoms with Gasteiger partial charge in [-0.05, 0) is 43.9 Å². The van der Waals surface area contributed by atoms with E-state index in [1.807, 2.05) is 0 Å². The molecule has 1 heterocycles. The molecule has 0 amide bonds. The second kappa shape index (κ2) is 10.5. The summed E-state index contributed by atoms with van der Waals surface area (Å²) in [7, 11) is 0.802. The van der Waals surface area contributed by atoms with E-state index >= 15 is 0 Å². The van der Waals surface area contributed by atoms with Crippen LogP contribution in [0.1, 0.15) is 25.5 Å². The maximum Gasteiger partial charge on any atom is 0.431 e. The minimum atomic E-state index is -4.98. The molecule has 1 fully saturated rings. The highest BCUT2D eigenvalue weighted by molar-refractivity contribution is 6.32. The molecule has 0 bridgehead atoms. The van der Waals surface area contributed by atoms with Crippen LogP contribution in [0.2, 0.25) is 5.02 Å². The summed E-state index contributed by atoms with van der Waals surface area (Å²) < 4.78 is 71.3. The molecule has 4 rings (SSSR count). The molecule has 38 heavy (non-hydrogen) atoms. The fraction of sp³-hybridized carbons (Fsp3) is 0.320. The van der Waals surface area contributed by atoms with E-state index in [4.69, 9.17) is 25.8 Å². The van der Waals surface area contributed by atoms with E-state index in [0.29, 0.717) is 5.92 Å². The molecule has 0 aliphatic heterocycles. The third kappa shape index (κ3) is 5.85. The van der Waals surface area contributed by atoms with Crippen LogP contribution in [-0.4, -0.2) is 27.8 Å². The number of halogens is 5. The SMILES string of the molecule is CC(OC(=O)COc1ccccc1Oc1cc(-n2c(=O)cc(C(F)(F)F)n(C)c2=O)c(F)cc1Cl)C1CC1. The third-order valence-electron chi connectivity index (χ3n) is 5.87. The van der Waals surface area contributed by atoms with Gasteiger partial charge in [0.2, 0.25) is 0 Å². The van der Waals surface area contributed by atoms with Gasteiger partial charge in [0.1, 0.15) is 23.4 Å². The molecule has 0 spiro atoms. The molecule has 0 N–H and O–H groups in total. The summed E-state index contributed by atoms with van der Waals surface area (Å²) in [5, 5.41) is -0.268. The molecule has 13 heteroatoms. The van der Waals surface area contributed by atoms with E-state index < -0.39 is 47.2 Å². The van der Waals surface area contributed by atoms with E-state index in [1.54, 1.807) is 19.1 Å². The van der Waals surface area contributed by atoms with Gasteiger partial charge < -0.3 is 14.2 Å². The Labute approximate surface area is 217 Å². The first-order chi connectivity index (χ1) is 17.9. The Kier molecular flexibility index (Phi) is 7.54. The van der Waals surface area contributed by atoms with Crippen LogP contribution >= 0.6 is 11.6 Å². The number of ether oxygens (including phenoxy) is 3. The quantitative estimate of drug-likeness (QED) is 0.291. The molecule has 202 valence electrons. The topological polar surface area (TPSA) is 88.8 Å². The highest BCUT2D eigenvalue weighted by atomic mass is 35.5. The number of benzene rings is 2. The lowest BCUT2D eigenvalue weighted by Crippen LogP contribution is -2.41. The summed E-state index contributed by atoms with van der Waals surface area (Å²) >= 11 is 6.11. The molecule has 0 saturated heterocycles. The molecule has 2 aromatic carbocycles. The van der Waals surface area contributed by atoms with Crippen molar-refractivity contribution in [2.75, 3.05) is 6.61 Å². The Morgan fingerprint density at radius 3 is 2.39 bits per heavy atom. The standard InChI is InChI=1S/C25H21ClF4N2O6/c1-13(14-7-8-14)37-23(34)12-36-18-5-3-4-6-19(18)38-20-10-17(16(27)9-15(20)26)32-22(33)11-21(25(28,29)30)31(2)24(32)35/h3-6,9-11,13-14H,7-8,12H2,1-2H3. The summed E-state index contributed by atoms with van der Waals surface area (Å²) in [4.78, 5) is 37.2. The van der Waals surface area contributed by atoms with Crippen molar-refractivity contribution in [2.24, 2.45) is 13.0 Å². The number of esters is 1. The number of carbonyl (C=O) groups excluding carboxylic acids is 1. The van der Waals surface area contributed by atoms with Crippen molar-refractivity contribution in [3.63, 3.8) is 0 Å². The van der Waals surface area contributed by atoms with Crippen LogP contribution in [0, 0.1) is 11.7 Å². The number of hydrogen-bond acceptors (Lipinski definition) is 6. The molecule has 1 aliphatic rings. The smallest absolute Gasteiger partial charge is 0.431 e. The Balaban J connectivity index is 1.63. The molecule has 1 aliphatic carbocycles. The lowest BCUT2D eigenvalue weighted by Gasteiger charge is -2.17. The Hall–Kier alpha value is -3.80. The molecule has 0 radical (unpaired) electrons. The van der Waals surface area contributed by atoms with Crippen molar-refractivity contribution in [3.05, 3.63) is 79.8 Å². The largest absolute Gasteiger partial charge is 0.478 e. The number of aromatic nitrogens is 2. The Morgan fingerprint density at radius 1 is 1.11 bits per heavy atom. The second-order valence-corrected chi connectivity index (χ2v) is 9.05. The number of carbonyl (C=O) groups is 1. The van der Waals surface area contributed by atoms with Gasteiger partial charge in [-0.25, -0.2) is 18.5 Å². The highest BCUT2D eigenvalue weighted by Gasteiger charge is 2.35. The lowest BCUT2D eigenvalue weighted by molar-refractivity contribution is -0.151. The number of alkyl halides is 3. The summed E-state index contributed by atoms with van der Waals surface area (Å²) in [6, 6.07) is 7.94. The molecular formula is C25H21ClF4N2O6. The monoisotopic (exact) mass is 556 g/mol. The average Bonchev–Trinajstić information content (AvgIpc) is 3.68. The van der Waals surface area contributed by atoms with Crippen LogP contribution in [0.15, 0.2) is 52.1 Å². The van der Waals surface area contributed by atoms with Gasteiger partial charge in [-0.2, -0.15) is 13.2 Å². The molecule has 3 aromatic rings. The molecule has 1 aromatic heterocycles. The van der Waals surface area contributed by atoms with Crippen molar-refractivity contribution >= 4 is 17.6 Å². The first kappa shape index (κ1) is 27.2. The van der Waals surface area contributed by atoms with Crippen molar-refractivity contribution in [1.82, 2.24) is 9.13 Å². The summed E-state index contributed by atoms with van der Waals surface area (Å²) in [5.74, 6) is -1.48. The molecular weight excluding hydrogens is 536 g/mol. The zero-order chi connectivity index (χ0) is 27.8. The van der Waals surface area contributed by atoms with Crippen LogP contribution in [0.3, 0.4) is 0 Å². The van der Waals surface area contributed by atoms with Crippen molar-refractivity contribution in [2.45, 2.75) is 32.0 Å². The first-order valence-electron chi connectivity index (χ1n) is 11.4. The Bertz CT molecular complexity index is 1500. The minimum absolute atomic E-state index is 0.0441. The van der Waals surface area contributed by atoms with Gasteiger partial charge in [0.15, 0.2) is 18.1 Å². The Morgan fingerprint density at radius 2 is 1.76 bits per heavy atom. The van der Waals surface area contributed by atoms with Crippen LogP contribution in [0.25, 0.3) is 5.69 Å². The van der Waals surface area contributed by atoms with E-state index in [2.05, 4.69) is 0 Å². The minimum Gasteiger partial charge on any atom is -0.478 e. The lowest BCUT2D eigenvalue weighted by atomic mass is 10.2. The van der Waals surface area contributed by atoms with Gasteiger partial charge >= 0.3 is 17.8 Å². The van der Waals surface area contributed by atoms with Crippen molar-refractivity contribution < 1.29 is 36.6 Å². The fourth-order valence-electron chi connectivity index (χ4n) is 3.70. The third-order valence-corrected chi connectivity index (χ3v) is 6.17. The van der Waals surface area contributed by atoms with Crippen LogP contribution in [0.5, 0.6) is 17.2 Å². The number of rotatable bonds is 8. The molecule has 1 saturated carbocycles. The van der Waals surface area contributed by atoms with Gasteiger partial charge in [0.05, 0.1) is 10.7 Å². The van der Waals surface area contributed by atoms with Gasteiger partial charge in [-0.1, -0.05) is 23.7 Å². The zero-order valence-electron chi connectivity index (χ0n) is 20.1. The maximum absolute atomic E-state index is 14.8. The van der Waals surface area contributed by atoms with E-state index in [1.165, 1.54) is 12.1 Å². The summed E-state index contributed by atoms with van der Waals surface area (Å²) in [6.45, 7) is 1.38. The molecule has 1 atom stereocenters. The molecule has 1 unspecified atom stereocenters. The van der Waals surface area contributed by atoms with Gasteiger partial charge in [-0.15, -0.1) is 0 Å². The van der Waals surface area contributed by atoms with Crippen molar-refractivity contribution in [1.29, 1.82) is 0 Å². The summed E-state index contributed by atoms with van der Waals surface area (Å²) in [6.07, 6.45) is -3.21. The van der Waals surface area contributed by atoms with E-state index in [-0.39, 0.29) is 43.6 Å². The predicted molar refractivity (Wildman–Crippen MR) is 128 cm³/mol. The van der Waals surface area contributed by atoms with Gasteiger partial charge in [-0.3, -0.25) is 9.36 Å². The van der Waals surface area contributed by atoms with Crippen LogP contribution < -0.4 is 20.7 Å². The summed E-state index contributed by atoms with van der Waals surface area (Å²) in [5.41, 5.74) is -5.01. The number of hydrogen-bond donors (Lipinski definition) is 0. The van der Waals surface area contributed by atoms with Crippen LogP contribution in [0.4, 0.5) is 17.6 Å². The zero-order valence-corrected chi connectivity index (χ0v) is 20.8. The number of nitrogens with zero attached hydrogens (tertiary/aromatic N) is 2. The average molecular weight is 557 g/mol. The predicted octanol–water partition coefficient (Wildman–Crippen LogP) is 4.86. The molecule has 8 nitrogen and oxygen atoms in total. The van der Waals surface area contributed by atoms with Crippen molar-refractivity contribution in [3.8, 4) is 22.9 Å². The second-order valence-electron chi connectivity index (χ2n) is 8.65. The fourth-order valence-corrected chi connectivity index (χ4v) is 3.89. The first-order valence-corrected chi connectivity index (χ1v) is 11.7. The van der Waals surface area contributed by atoms with E-state index in [0.717, 1.165) is 32.0 Å². The van der Waals surface area contributed by atoms with Crippen LogP contribution in [-0.2, 0) is 22.8 Å². The maximum atomic E-state index is 14.8. The normalized spacial score (nSPS) is 14.2. The van der Waals surface area contributed by atoms with E-state index in [9.17, 15) is 31.9 Å². The van der Waals surface area contributed by atoms with Gasteiger partial charge in [0, 0.05) is 19.2 Å².